The number of nitrogens with zero attached hydrogens (tertiary/aromatic N) is 3. The van der Waals surface area contributed by atoms with Gasteiger partial charge in [0.05, 0.1) is 17.3 Å². The summed E-state index contributed by atoms with van der Waals surface area (Å²) in [6.07, 6.45) is 2.06. The lowest BCUT2D eigenvalue weighted by Crippen LogP contribution is -2.18. The fourth-order valence-corrected chi connectivity index (χ4v) is 3.07. The SMILES string of the molecule is Cc1nn(C)cc1C(C)NCc1cccc(OCc2cccc(C#N)c2)c1. The normalized spacial score (nSPS) is 11.8. The first kappa shape index (κ1) is 18.7. The van der Waals surface area contributed by atoms with Gasteiger partial charge in [-0.2, -0.15) is 10.4 Å². The molecular weight excluding hydrogens is 336 g/mol. The molecule has 0 fully saturated rings. The van der Waals surface area contributed by atoms with E-state index in [4.69, 9.17) is 10.00 Å². The molecule has 1 atom stereocenters. The summed E-state index contributed by atoms with van der Waals surface area (Å²) in [5, 5.41) is 16.9. The minimum absolute atomic E-state index is 0.219. The van der Waals surface area contributed by atoms with Crippen molar-refractivity contribution in [1.29, 1.82) is 5.26 Å². The van der Waals surface area contributed by atoms with Crippen LogP contribution >= 0.6 is 0 Å². The Morgan fingerprint density at radius 1 is 1.19 bits per heavy atom. The maximum Gasteiger partial charge on any atom is 0.120 e. The van der Waals surface area contributed by atoms with Gasteiger partial charge in [0.15, 0.2) is 0 Å². The number of rotatable bonds is 7. The van der Waals surface area contributed by atoms with E-state index in [0.29, 0.717) is 12.2 Å². The van der Waals surface area contributed by atoms with Crippen molar-refractivity contribution < 1.29 is 4.74 Å². The molecule has 0 amide bonds. The highest BCUT2D eigenvalue weighted by Crippen LogP contribution is 2.19. The molecule has 2 aromatic carbocycles. The average Bonchev–Trinajstić information content (AvgIpc) is 3.03. The zero-order valence-electron chi connectivity index (χ0n) is 15.9. The lowest BCUT2D eigenvalue weighted by atomic mass is 10.1. The second-order valence-corrected chi connectivity index (χ2v) is 6.69. The van der Waals surface area contributed by atoms with E-state index in [1.54, 1.807) is 6.07 Å². The lowest BCUT2D eigenvalue weighted by Gasteiger charge is -2.14. The first-order valence-electron chi connectivity index (χ1n) is 8.99. The molecule has 3 rings (SSSR count). The highest BCUT2D eigenvalue weighted by molar-refractivity contribution is 5.33. The van der Waals surface area contributed by atoms with Gasteiger partial charge in [0.1, 0.15) is 12.4 Å². The fourth-order valence-electron chi connectivity index (χ4n) is 3.07. The van der Waals surface area contributed by atoms with Crippen LogP contribution in [-0.4, -0.2) is 9.78 Å². The van der Waals surface area contributed by atoms with Gasteiger partial charge in [-0.1, -0.05) is 24.3 Å². The summed E-state index contributed by atoms with van der Waals surface area (Å²) < 4.78 is 7.74. The zero-order chi connectivity index (χ0) is 19.2. The summed E-state index contributed by atoms with van der Waals surface area (Å²) in [6, 6.07) is 17.9. The van der Waals surface area contributed by atoms with E-state index in [1.165, 1.54) is 5.56 Å². The van der Waals surface area contributed by atoms with Crippen molar-refractivity contribution in [1.82, 2.24) is 15.1 Å². The van der Waals surface area contributed by atoms with Gasteiger partial charge in [-0.3, -0.25) is 4.68 Å². The number of aromatic nitrogens is 2. The number of nitriles is 1. The standard InChI is InChI=1S/C22H24N4O/c1-16(22-14-26(3)25-17(22)2)24-13-19-7-5-9-21(11-19)27-15-20-8-4-6-18(10-20)12-23/h4-11,14,16,24H,13,15H2,1-3H3. The molecule has 1 N–H and O–H groups in total. The first-order valence-corrected chi connectivity index (χ1v) is 8.99. The van der Waals surface area contributed by atoms with E-state index < -0.39 is 0 Å². The maximum atomic E-state index is 8.99. The van der Waals surface area contributed by atoms with Crippen molar-refractivity contribution in [3.8, 4) is 11.8 Å². The predicted molar refractivity (Wildman–Crippen MR) is 105 cm³/mol. The second kappa shape index (κ2) is 8.52. The molecule has 0 radical (unpaired) electrons. The van der Waals surface area contributed by atoms with E-state index in [9.17, 15) is 0 Å². The van der Waals surface area contributed by atoms with Crippen LogP contribution in [-0.2, 0) is 20.2 Å². The van der Waals surface area contributed by atoms with Gasteiger partial charge in [-0.05, 0) is 49.2 Å². The summed E-state index contributed by atoms with van der Waals surface area (Å²) in [4.78, 5) is 0. The van der Waals surface area contributed by atoms with E-state index >= 15 is 0 Å². The van der Waals surface area contributed by atoms with Crippen LogP contribution in [0, 0.1) is 18.3 Å². The van der Waals surface area contributed by atoms with Crippen molar-refractivity contribution in [3.63, 3.8) is 0 Å². The van der Waals surface area contributed by atoms with Crippen molar-refractivity contribution in [2.24, 2.45) is 7.05 Å². The molecule has 0 aliphatic carbocycles. The summed E-state index contributed by atoms with van der Waals surface area (Å²) in [7, 11) is 1.94. The minimum Gasteiger partial charge on any atom is -0.489 e. The molecule has 0 saturated carbocycles. The van der Waals surface area contributed by atoms with E-state index in [0.717, 1.165) is 29.1 Å². The molecule has 3 aromatic rings. The van der Waals surface area contributed by atoms with Crippen LogP contribution in [0.3, 0.4) is 0 Å². The van der Waals surface area contributed by atoms with Crippen molar-refractivity contribution in [2.45, 2.75) is 33.0 Å². The van der Waals surface area contributed by atoms with Crippen LogP contribution in [0.2, 0.25) is 0 Å². The average molecular weight is 360 g/mol. The zero-order valence-corrected chi connectivity index (χ0v) is 15.9. The van der Waals surface area contributed by atoms with Crippen LogP contribution in [0.1, 0.15) is 40.9 Å². The Bertz CT molecular complexity index is 955. The van der Waals surface area contributed by atoms with Crippen molar-refractivity contribution >= 4 is 0 Å². The molecule has 5 nitrogen and oxygen atoms in total. The Kier molecular flexibility index (Phi) is 5.90. The van der Waals surface area contributed by atoms with Crippen LogP contribution in [0.25, 0.3) is 0 Å². The van der Waals surface area contributed by atoms with Crippen molar-refractivity contribution in [2.75, 3.05) is 0 Å². The molecule has 0 saturated heterocycles. The molecule has 5 heteroatoms. The third kappa shape index (κ3) is 4.96. The van der Waals surface area contributed by atoms with Crippen LogP contribution in [0.15, 0.2) is 54.7 Å². The molecule has 0 aliphatic heterocycles. The molecule has 1 heterocycles. The summed E-state index contributed by atoms with van der Waals surface area (Å²) in [5.41, 5.74) is 5.05. The molecule has 1 aromatic heterocycles. The Labute approximate surface area is 160 Å². The second-order valence-electron chi connectivity index (χ2n) is 6.69. The first-order chi connectivity index (χ1) is 13.0. The number of hydrogen-bond donors (Lipinski definition) is 1. The summed E-state index contributed by atoms with van der Waals surface area (Å²) in [5.74, 6) is 0.821. The highest BCUT2D eigenvalue weighted by Gasteiger charge is 2.11. The Hall–Kier alpha value is -3.10. The number of ether oxygens (including phenoxy) is 1. The molecule has 0 spiro atoms. The quantitative estimate of drug-likeness (QED) is 0.691. The number of aryl methyl sites for hydroxylation is 2. The number of nitrogens with one attached hydrogen (secondary N) is 1. The topological polar surface area (TPSA) is 62.9 Å². The lowest BCUT2D eigenvalue weighted by molar-refractivity contribution is 0.306. The largest absolute Gasteiger partial charge is 0.489 e. The smallest absolute Gasteiger partial charge is 0.120 e. The van der Waals surface area contributed by atoms with Gasteiger partial charge in [-0.15, -0.1) is 0 Å². The molecule has 0 bridgehead atoms. The summed E-state index contributed by atoms with van der Waals surface area (Å²) >= 11 is 0. The van der Waals surface area contributed by atoms with Gasteiger partial charge in [0.2, 0.25) is 0 Å². The molecule has 0 aliphatic rings. The third-order valence-electron chi connectivity index (χ3n) is 4.49. The molecule has 138 valence electrons. The van der Waals surface area contributed by atoms with Crippen LogP contribution in [0.4, 0.5) is 0 Å². The fraction of sp³-hybridized carbons (Fsp3) is 0.273. The van der Waals surface area contributed by atoms with E-state index in [1.807, 2.05) is 55.1 Å². The Morgan fingerprint density at radius 2 is 1.96 bits per heavy atom. The van der Waals surface area contributed by atoms with Gasteiger partial charge in [0, 0.05) is 31.4 Å². The highest BCUT2D eigenvalue weighted by atomic mass is 16.5. The molecule has 27 heavy (non-hydrogen) atoms. The molecule has 1 unspecified atom stereocenters. The Morgan fingerprint density at radius 3 is 2.70 bits per heavy atom. The summed E-state index contributed by atoms with van der Waals surface area (Å²) in [6.45, 7) is 5.37. The Balaban J connectivity index is 1.58. The minimum atomic E-state index is 0.219. The van der Waals surface area contributed by atoms with Gasteiger partial charge in [-0.25, -0.2) is 0 Å². The van der Waals surface area contributed by atoms with Crippen LogP contribution < -0.4 is 10.1 Å². The van der Waals surface area contributed by atoms with Gasteiger partial charge < -0.3 is 10.1 Å². The predicted octanol–water partition coefficient (Wildman–Crippen LogP) is 4.03. The molecular formula is C22H24N4O. The van der Waals surface area contributed by atoms with Gasteiger partial charge >= 0.3 is 0 Å². The third-order valence-corrected chi connectivity index (χ3v) is 4.49. The monoisotopic (exact) mass is 360 g/mol. The van der Waals surface area contributed by atoms with Gasteiger partial charge in [0.25, 0.3) is 0 Å². The van der Waals surface area contributed by atoms with Crippen LogP contribution in [0.5, 0.6) is 5.75 Å². The van der Waals surface area contributed by atoms with Crippen molar-refractivity contribution in [3.05, 3.63) is 82.7 Å². The van der Waals surface area contributed by atoms with E-state index in [2.05, 4.69) is 35.7 Å². The maximum absolute atomic E-state index is 8.99. The van der Waals surface area contributed by atoms with E-state index in [-0.39, 0.29) is 6.04 Å². The number of benzene rings is 2. The number of hydrogen-bond acceptors (Lipinski definition) is 4.